The Bertz CT molecular complexity index is 158. The molecule has 0 atom stereocenters. The second kappa shape index (κ2) is 6.08. The summed E-state index contributed by atoms with van der Waals surface area (Å²) in [4.78, 5) is 10.9. The highest BCUT2D eigenvalue weighted by Gasteiger charge is 2.14. The molecule has 13 heavy (non-hydrogen) atoms. The highest BCUT2D eigenvalue weighted by atomic mass is 35.5. The lowest BCUT2D eigenvalue weighted by Crippen LogP contribution is -2.30. The van der Waals surface area contributed by atoms with Crippen molar-refractivity contribution in [2.24, 2.45) is 5.92 Å². The zero-order valence-electron chi connectivity index (χ0n) is 7.72. The number of amides is 1. The van der Waals surface area contributed by atoms with Crippen molar-refractivity contribution in [3.63, 3.8) is 0 Å². The van der Waals surface area contributed by atoms with Gasteiger partial charge in [-0.05, 0) is 18.8 Å². The maximum absolute atomic E-state index is 10.9. The Balaban J connectivity index is 2.06. The predicted octanol–water partition coefficient (Wildman–Crippen LogP) is 2.49. The van der Waals surface area contributed by atoms with Gasteiger partial charge in [-0.1, -0.05) is 30.9 Å². The van der Waals surface area contributed by atoms with Gasteiger partial charge in [0.05, 0.1) is 0 Å². The summed E-state index contributed by atoms with van der Waals surface area (Å²) in [5.41, 5.74) is 0. The van der Waals surface area contributed by atoms with E-state index in [1.807, 2.05) is 0 Å². The minimum Gasteiger partial charge on any atom is -0.433 e. The highest BCUT2D eigenvalue weighted by molar-refractivity contribution is 6.17. The van der Waals surface area contributed by atoms with Gasteiger partial charge < -0.3 is 10.1 Å². The van der Waals surface area contributed by atoms with Crippen LogP contribution in [0.1, 0.15) is 32.1 Å². The first kappa shape index (κ1) is 10.6. The molecule has 0 aliphatic heterocycles. The van der Waals surface area contributed by atoms with Crippen molar-refractivity contribution in [2.75, 3.05) is 12.6 Å². The molecule has 0 unspecified atom stereocenters. The summed E-state index contributed by atoms with van der Waals surface area (Å²) in [5.74, 6) is 0.636. The van der Waals surface area contributed by atoms with E-state index >= 15 is 0 Å². The Labute approximate surface area is 83.8 Å². The van der Waals surface area contributed by atoms with E-state index in [1.54, 1.807) is 0 Å². The van der Waals surface area contributed by atoms with Gasteiger partial charge in [0.2, 0.25) is 0 Å². The Hall–Kier alpha value is -0.440. The molecule has 0 bridgehead atoms. The minimum absolute atomic E-state index is 0.0729. The molecule has 0 spiro atoms. The number of nitrogens with one attached hydrogen (secondary N) is 1. The first-order chi connectivity index (χ1) is 6.33. The zero-order valence-corrected chi connectivity index (χ0v) is 8.48. The molecule has 0 heterocycles. The van der Waals surface area contributed by atoms with Crippen LogP contribution in [-0.4, -0.2) is 18.7 Å². The number of rotatable bonds is 3. The molecule has 76 valence electrons. The largest absolute Gasteiger partial charge is 0.433 e. The van der Waals surface area contributed by atoms with E-state index in [0.717, 1.165) is 6.54 Å². The van der Waals surface area contributed by atoms with Gasteiger partial charge >= 0.3 is 6.09 Å². The van der Waals surface area contributed by atoms with Crippen LogP contribution in [0.2, 0.25) is 0 Å². The molecule has 0 aromatic carbocycles. The van der Waals surface area contributed by atoms with Crippen LogP contribution in [0.15, 0.2) is 0 Å². The minimum atomic E-state index is -0.402. The molecule has 1 saturated carbocycles. The van der Waals surface area contributed by atoms with Crippen LogP contribution in [0, 0.1) is 5.92 Å². The van der Waals surface area contributed by atoms with E-state index in [4.69, 9.17) is 11.6 Å². The molecule has 0 saturated heterocycles. The van der Waals surface area contributed by atoms with E-state index < -0.39 is 6.09 Å². The highest BCUT2D eigenvalue weighted by Crippen LogP contribution is 2.22. The summed E-state index contributed by atoms with van der Waals surface area (Å²) in [6.07, 6.45) is 5.96. The van der Waals surface area contributed by atoms with Crippen molar-refractivity contribution in [1.82, 2.24) is 5.32 Å². The zero-order chi connectivity index (χ0) is 9.52. The van der Waals surface area contributed by atoms with E-state index in [9.17, 15) is 4.79 Å². The normalized spacial score (nSPS) is 18.2. The van der Waals surface area contributed by atoms with Crippen LogP contribution < -0.4 is 5.32 Å². The number of alkyl carbamates (subject to hydrolysis) is 1. The molecule has 0 aromatic rings. The van der Waals surface area contributed by atoms with E-state index in [1.165, 1.54) is 32.1 Å². The molecule has 1 N–H and O–H groups in total. The predicted molar refractivity (Wildman–Crippen MR) is 51.8 cm³/mol. The summed E-state index contributed by atoms with van der Waals surface area (Å²) in [5, 5.41) is 2.71. The number of carbonyl (C=O) groups excluding carboxylic acids is 1. The molecule has 1 rings (SSSR count). The Morgan fingerprint density at radius 1 is 1.38 bits per heavy atom. The smallest absolute Gasteiger partial charge is 0.408 e. The third-order valence-electron chi connectivity index (χ3n) is 2.45. The van der Waals surface area contributed by atoms with Gasteiger partial charge in [0.15, 0.2) is 6.07 Å². The van der Waals surface area contributed by atoms with E-state index in [0.29, 0.717) is 5.92 Å². The summed E-state index contributed by atoms with van der Waals surface area (Å²) >= 11 is 5.23. The number of hydrogen-bond acceptors (Lipinski definition) is 2. The van der Waals surface area contributed by atoms with E-state index in [2.05, 4.69) is 10.1 Å². The molecule has 1 aliphatic rings. The maximum Gasteiger partial charge on any atom is 0.408 e. The van der Waals surface area contributed by atoms with Crippen LogP contribution in [-0.2, 0) is 4.74 Å². The summed E-state index contributed by atoms with van der Waals surface area (Å²) in [7, 11) is 0. The van der Waals surface area contributed by atoms with Crippen molar-refractivity contribution >= 4 is 17.7 Å². The van der Waals surface area contributed by atoms with Gasteiger partial charge in [0.25, 0.3) is 0 Å². The standard InChI is InChI=1S/C9H16ClNO2/c10-7-13-9(12)11-6-8-4-2-1-3-5-8/h8H,1-7H2,(H,11,12). The molecular formula is C9H16ClNO2. The van der Waals surface area contributed by atoms with E-state index in [-0.39, 0.29) is 6.07 Å². The molecule has 1 aliphatic carbocycles. The average Bonchev–Trinajstić information content (AvgIpc) is 2.17. The first-order valence-corrected chi connectivity index (χ1v) is 5.33. The van der Waals surface area contributed by atoms with Gasteiger partial charge in [-0.3, -0.25) is 0 Å². The van der Waals surface area contributed by atoms with Crippen LogP contribution in [0.5, 0.6) is 0 Å². The quantitative estimate of drug-likeness (QED) is 0.719. The molecule has 4 heteroatoms. The van der Waals surface area contributed by atoms with Gasteiger partial charge in [-0.2, -0.15) is 0 Å². The third kappa shape index (κ3) is 4.36. The molecule has 1 fully saturated rings. The van der Waals surface area contributed by atoms with Crippen LogP contribution >= 0.6 is 11.6 Å². The lowest BCUT2D eigenvalue weighted by molar-refractivity contribution is 0.161. The number of carbonyl (C=O) groups is 1. The van der Waals surface area contributed by atoms with Gasteiger partial charge in [-0.15, -0.1) is 0 Å². The second-order valence-electron chi connectivity index (χ2n) is 3.43. The van der Waals surface area contributed by atoms with Crippen LogP contribution in [0.3, 0.4) is 0 Å². The molecule has 3 nitrogen and oxygen atoms in total. The fourth-order valence-electron chi connectivity index (χ4n) is 1.72. The lowest BCUT2D eigenvalue weighted by Gasteiger charge is -2.21. The summed E-state index contributed by atoms with van der Waals surface area (Å²) in [6.45, 7) is 0.732. The Morgan fingerprint density at radius 2 is 2.08 bits per heavy atom. The molecular weight excluding hydrogens is 190 g/mol. The van der Waals surface area contributed by atoms with Crippen molar-refractivity contribution in [2.45, 2.75) is 32.1 Å². The Morgan fingerprint density at radius 3 is 2.69 bits per heavy atom. The monoisotopic (exact) mass is 205 g/mol. The van der Waals surface area contributed by atoms with Gasteiger partial charge in [-0.25, -0.2) is 4.79 Å². The van der Waals surface area contributed by atoms with Crippen LogP contribution in [0.4, 0.5) is 4.79 Å². The average molecular weight is 206 g/mol. The SMILES string of the molecule is O=C(NCC1CCCCC1)OCCl. The summed E-state index contributed by atoms with van der Waals surface area (Å²) < 4.78 is 4.55. The Kier molecular flexibility index (Phi) is 4.98. The van der Waals surface area contributed by atoms with Crippen molar-refractivity contribution in [3.8, 4) is 0 Å². The molecule has 0 radical (unpaired) electrons. The van der Waals surface area contributed by atoms with Gasteiger partial charge in [0, 0.05) is 6.54 Å². The molecule has 0 aromatic heterocycles. The number of ether oxygens (including phenoxy) is 1. The number of alkyl halides is 1. The topological polar surface area (TPSA) is 38.3 Å². The fourth-order valence-corrected chi connectivity index (χ4v) is 1.82. The van der Waals surface area contributed by atoms with Crippen LogP contribution in [0.25, 0.3) is 0 Å². The van der Waals surface area contributed by atoms with Crippen molar-refractivity contribution in [3.05, 3.63) is 0 Å². The molecule has 1 amide bonds. The van der Waals surface area contributed by atoms with Gasteiger partial charge in [0.1, 0.15) is 0 Å². The van der Waals surface area contributed by atoms with Crippen molar-refractivity contribution < 1.29 is 9.53 Å². The maximum atomic E-state index is 10.9. The lowest BCUT2D eigenvalue weighted by atomic mass is 9.89. The number of hydrogen-bond donors (Lipinski definition) is 1. The summed E-state index contributed by atoms with van der Waals surface area (Å²) in [6, 6.07) is -0.0729. The number of halogens is 1. The van der Waals surface area contributed by atoms with Crippen molar-refractivity contribution in [1.29, 1.82) is 0 Å². The first-order valence-electron chi connectivity index (χ1n) is 4.79. The third-order valence-corrected chi connectivity index (χ3v) is 2.55. The fraction of sp³-hybridized carbons (Fsp3) is 0.889. The second-order valence-corrected chi connectivity index (χ2v) is 3.64.